The molecule has 2 aromatic rings. The summed E-state index contributed by atoms with van der Waals surface area (Å²) in [4.78, 5) is 13.2. The van der Waals surface area contributed by atoms with Gasteiger partial charge < -0.3 is 20.1 Å². The second-order valence-electron chi connectivity index (χ2n) is 6.87. The Morgan fingerprint density at radius 1 is 1.33 bits per heavy atom. The fourth-order valence-electron chi connectivity index (χ4n) is 3.44. The van der Waals surface area contributed by atoms with Crippen LogP contribution < -0.4 is 15.4 Å². The molecule has 2 heterocycles. The molecule has 1 aliphatic heterocycles. The molecule has 1 aliphatic rings. The summed E-state index contributed by atoms with van der Waals surface area (Å²) in [6, 6.07) is 7.88. The molecule has 2 N–H and O–H groups in total. The third-order valence-corrected chi connectivity index (χ3v) is 5.00. The van der Waals surface area contributed by atoms with Crippen LogP contribution in [-0.2, 0) is 21.6 Å². The lowest BCUT2D eigenvalue weighted by molar-refractivity contribution is -0.132. The largest absolute Gasteiger partial charge is 0.491 e. The van der Waals surface area contributed by atoms with Crippen molar-refractivity contribution in [1.82, 2.24) is 20.4 Å². The van der Waals surface area contributed by atoms with Crippen LogP contribution in [0, 0.1) is 6.92 Å². The monoisotopic (exact) mass is 372 g/mol. The van der Waals surface area contributed by atoms with Crippen LogP contribution in [0.4, 0.5) is 0 Å². The van der Waals surface area contributed by atoms with Gasteiger partial charge in [0.05, 0.1) is 6.61 Å². The Morgan fingerprint density at radius 3 is 2.85 bits per heavy atom. The normalized spacial score (nSPS) is 16.1. The number of nitrogens with zero attached hydrogens (tertiary/aromatic N) is 2. The molecule has 1 aromatic heterocycles. The second-order valence-corrected chi connectivity index (χ2v) is 6.87. The van der Waals surface area contributed by atoms with Gasteiger partial charge in [-0.1, -0.05) is 12.1 Å². The first-order chi connectivity index (χ1) is 13.2. The van der Waals surface area contributed by atoms with Crippen LogP contribution >= 0.6 is 0 Å². The summed E-state index contributed by atoms with van der Waals surface area (Å²) in [6.45, 7) is 5.02. The van der Waals surface area contributed by atoms with Gasteiger partial charge in [0.1, 0.15) is 17.9 Å². The molecule has 27 heavy (non-hydrogen) atoms. The molecule has 7 nitrogen and oxygen atoms in total. The summed E-state index contributed by atoms with van der Waals surface area (Å²) >= 11 is 0. The van der Waals surface area contributed by atoms with Crippen LogP contribution in [0.15, 0.2) is 36.7 Å². The predicted molar refractivity (Wildman–Crippen MR) is 103 cm³/mol. The number of ether oxygens (including phenoxy) is 2. The van der Waals surface area contributed by atoms with E-state index in [1.807, 2.05) is 37.4 Å². The summed E-state index contributed by atoms with van der Waals surface area (Å²) in [5.41, 5.74) is 1.43. The molecule has 0 atom stereocenters. The van der Waals surface area contributed by atoms with Crippen molar-refractivity contribution in [3.63, 3.8) is 0 Å². The lowest BCUT2D eigenvalue weighted by Gasteiger charge is -2.36. The molecular weight excluding hydrogens is 344 g/mol. The minimum atomic E-state index is -0.642. The van der Waals surface area contributed by atoms with Gasteiger partial charge >= 0.3 is 0 Å². The van der Waals surface area contributed by atoms with Crippen molar-refractivity contribution in [3.8, 4) is 5.75 Å². The number of aromatic nitrogens is 2. The molecule has 7 heteroatoms. The maximum absolute atomic E-state index is 13.2. The number of methoxy groups -OCH3 is 1. The Morgan fingerprint density at radius 2 is 2.15 bits per heavy atom. The molecule has 3 rings (SSSR count). The number of piperidine rings is 1. The third kappa shape index (κ3) is 4.48. The number of carbonyl (C=O) groups excluding carboxylic acids is 1. The molecule has 1 saturated heterocycles. The zero-order valence-corrected chi connectivity index (χ0v) is 16.0. The lowest BCUT2D eigenvalue weighted by atomic mass is 9.87. The Balaban J connectivity index is 1.72. The summed E-state index contributed by atoms with van der Waals surface area (Å²) in [5.74, 6) is 0.780. The van der Waals surface area contributed by atoms with Gasteiger partial charge in [0.25, 0.3) is 0 Å². The summed E-state index contributed by atoms with van der Waals surface area (Å²) in [6.07, 6.45) is 5.02. The van der Waals surface area contributed by atoms with E-state index in [2.05, 4.69) is 15.7 Å². The molecule has 0 unspecified atom stereocenters. The van der Waals surface area contributed by atoms with Crippen molar-refractivity contribution in [3.05, 3.63) is 47.8 Å². The molecule has 1 amide bonds. The molecule has 0 aliphatic carbocycles. The fourth-order valence-corrected chi connectivity index (χ4v) is 3.44. The van der Waals surface area contributed by atoms with Gasteiger partial charge in [-0.25, -0.2) is 0 Å². The standard InChI is InChI=1S/C20H28N4O3/c1-16-4-5-17(18(14-16)27-13-12-26-2)15-22-19(25)20(6-9-21-10-7-20)24-11-3-8-23-24/h3-5,8,11,14,21H,6-7,9-10,12-13,15H2,1-2H3,(H,22,25). The number of carbonyl (C=O) groups is 1. The van der Waals surface area contributed by atoms with Crippen LogP contribution in [0.25, 0.3) is 0 Å². The van der Waals surface area contributed by atoms with Gasteiger partial charge in [-0.3, -0.25) is 9.48 Å². The lowest BCUT2D eigenvalue weighted by Crippen LogP contribution is -2.54. The number of amides is 1. The quantitative estimate of drug-likeness (QED) is 0.689. The molecule has 0 bridgehead atoms. The first kappa shape index (κ1) is 19.4. The Bertz CT molecular complexity index is 740. The Labute approximate surface area is 160 Å². The number of aryl methyl sites for hydroxylation is 1. The second kappa shape index (κ2) is 9.01. The van der Waals surface area contributed by atoms with Gasteiger partial charge in [-0.15, -0.1) is 0 Å². The van der Waals surface area contributed by atoms with Crippen molar-refractivity contribution in [2.45, 2.75) is 31.8 Å². The maximum atomic E-state index is 13.2. The highest BCUT2D eigenvalue weighted by atomic mass is 16.5. The van der Waals surface area contributed by atoms with Gasteiger partial charge in [0, 0.05) is 31.6 Å². The summed E-state index contributed by atoms with van der Waals surface area (Å²) < 4.78 is 12.7. The third-order valence-electron chi connectivity index (χ3n) is 5.00. The highest BCUT2D eigenvalue weighted by Gasteiger charge is 2.41. The van der Waals surface area contributed by atoms with Gasteiger partial charge in [0.2, 0.25) is 5.91 Å². The van der Waals surface area contributed by atoms with Crippen molar-refractivity contribution < 1.29 is 14.3 Å². The van der Waals surface area contributed by atoms with E-state index in [9.17, 15) is 4.79 Å². The number of hydrogen-bond acceptors (Lipinski definition) is 5. The molecule has 146 valence electrons. The van der Waals surface area contributed by atoms with E-state index in [1.54, 1.807) is 18.0 Å². The molecule has 0 spiro atoms. The van der Waals surface area contributed by atoms with Crippen LogP contribution in [0.5, 0.6) is 5.75 Å². The first-order valence-electron chi connectivity index (χ1n) is 9.36. The van der Waals surface area contributed by atoms with E-state index in [1.165, 1.54) is 0 Å². The molecule has 0 saturated carbocycles. The van der Waals surface area contributed by atoms with Gasteiger partial charge in [0.15, 0.2) is 0 Å². The fraction of sp³-hybridized carbons (Fsp3) is 0.500. The smallest absolute Gasteiger partial charge is 0.248 e. The first-order valence-corrected chi connectivity index (χ1v) is 9.36. The molecular formula is C20H28N4O3. The SMILES string of the molecule is COCCOc1cc(C)ccc1CNC(=O)C1(n2cccn2)CCNCC1. The maximum Gasteiger partial charge on any atom is 0.248 e. The van der Waals surface area contributed by atoms with E-state index >= 15 is 0 Å². The number of hydrogen-bond donors (Lipinski definition) is 2. The van der Waals surface area contributed by atoms with E-state index < -0.39 is 5.54 Å². The molecule has 1 aromatic carbocycles. The van der Waals surface area contributed by atoms with Crippen molar-refractivity contribution in [1.29, 1.82) is 0 Å². The van der Waals surface area contributed by atoms with Gasteiger partial charge in [-0.2, -0.15) is 5.10 Å². The molecule has 1 fully saturated rings. The van der Waals surface area contributed by atoms with Gasteiger partial charge in [-0.05, 0) is 50.6 Å². The average molecular weight is 372 g/mol. The minimum Gasteiger partial charge on any atom is -0.491 e. The Kier molecular flexibility index (Phi) is 6.47. The highest BCUT2D eigenvalue weighted by Crippen LogP contribution is 2.28. The number of rotatable bonds is 8. The van der Waals surface area contributed by atoms with Crippen LogP contribution in [0.3, 0.4) is 0 Å². The highest BCUT2D eigenvalue weighted by molar-refractivity contribution is 5.84. The van der Waals surface area contributed by atoms with Crippen molar-refractivity contribution in [2.24, 2.45) is 0 Å². The number of benzene rings is 1. The zero-order valence-electron chi connectivity index (χ0n) is 16.0. The zero-order chi connectivity index (χ0) is 19.1. The van der Waals surface area contributed by atoms with Crippen molar-refractivity contribution >= 4 is 5.91 Å². The topological polar surface area (TPSA) is 77.4 Å². The van der Waals surface area contributed by atoms with E-state index in [0.29, 0.717) is 32.6 Å². The van der Waals surface area contributed by atoms with Crippen LogP contribution in [0.2, 0.25) is 0 Å². The summed E-state index contributed by atoms with van der Waals surface area (Å²) in [7, 11) is 1.65. The van der Waals surface area contributed by atoms with Crippen LogP contribution in [0.1, 0.15) is 24.0 Å². The van der Waals surface area contributed by atoms with E-state index in [4.69, 9.17) is 9.47 Å². The van der Waals surface area contributed by atoms with E-state index in [-0.39, 0.29) is 5.91 Å². The molecule has 0 radical (unpaired) electrons. The van der Waals surface area contributed by atoms with E-state index in [0.717, 1.165) is 30.0 Å². The predicted octanol–water partition coefficient (Wildman–Crippen LogP) is 1.61. The van der Waals surface area contributed by atoms with Crippen molar-refractivity contribution in [2.75, 3.05) is 33.4 Å². The minimum absolute atomic E-state index is 0.00360. The Hall–Kier alpha value is -2.38. The average Bonchev–Trinajstić information content (AvgIpc) is 3.23. The van der Waals surface area contributed by atoms with Crippen LogP contribution in [-0.4, -0.2) is 49.1 Å². The number of nitrogens with one attached hydrogen (secondary N) is 2. The summed E-state index contributed by atoms with van der Waals surface area (Å²) in [5, 5.41) is 10.8.